The van der Waals surface area contributed by atoms with Gasteiger partial charge in [-0.3, -0.25) is 15.0 Å². The molecule has 0 aliphatic rings. The lowest BCUT2D eigenvalue weighted by Crippen LogP contribution is -2.21. The molecule has 0 bridgehead atoms. The highest BCUT2D eigenvalue weighted by atomic mass is 32.1. The van der Waals surface area contributed by atoms with Gasteiger partial charge in [-0.15, -0.1) is 11.3 Å². The monoisotopic (exact) mass is 299 g/mol. The summed E-state index contributed by atoms with van der Waals surface area (Å²) < 4.78 is 0. The van der Waals surface area contributed by atoms with Gasteiger partial charge in [0, 0.05) is 24.5 Å². The number of aliphatic hydroxyl groups is 1. The second kappa shape index (κ2) is 6.20. The number of thiazole rings is 1. The van der Waals surface area contributed by atoms with E-state index in [-0.39, 0.29) is 11.6 Å². The van der Waals surface area contributed by atoms with E-state index in [0.717, 1.165) is 26.9 Å². The molecule has 1 N–H and O–H groups in total. The van der Waals surface area contributed by atoms with E-state index in [0.29, 0.717) is 13.1 Å². The predicted molar refractivity (Wildman–Crippen MR) is 75.5 cm³/mol. The maximum absolute atomic E-state index is 10.6. The fraction of sp³-hybridized carbons (Fsp3) is 0.364. The second-order valence-electron chi connectivity index (χ2n) is 4.00. The fourth-order valence-corrected chi connectivity index (χ4v) is 3.26. The summed E-state index contributed by atoms with van der Waals surface area (Å²) in [6, 6.07) is 3.22. The quantitative estimate of drug-likeness (QED) is 0.653. The molecule has 0 amide bonds. The van der Waals surface area contributed by atoms with E-state index in [9.17, 15) is 10.1 Å². The van der Waals surface area contributed by atoms with Gasteiger partial charge in [0.1, 0.15) is 5.01 Å². The van der Waals surface area contributed by atoms with Gasteiger partial charge in [0.15, 0.2) is 0 Å². The average molecular weight is 299 g/mol. The van der Waals surface area contributed by atoms with Gasteiger partial charge in [-0.25, -0.2) is 4.98 Å². The van der Waals surface area contributed by atoms with E-state index in [2.05, 4.69) is 4.98 Å². The van der Waals surface area contributed by atoms with Crippen LogP contribution < -0.4 is 0 Å². The van der Waals surface area contributed by atoms with Crippen LogP contribution in [0.3, 0.4) is 0 Å². The first-order valence-electron chi connectivity index (χ1n) is 5.58. The molecule has 2 aromatic rings. The molecule has 0 spiro atoms. The Balaban J connectivity index is 2.09. The second-order valence-corrected chi connectivity index (χ2v) is 5.92. The molecule has 0 aromatic carbocycles. The van der Waals surface area contributed by atoms with Crippen molar-refractivity contribution in [1.29, 1.82) is 0 Å². The van der Waals surface area contributed by atoms with Crippen LogP contribution in [0, 0.1) is 10.1 Å². The zero-order chi connectivity index (χ0) is 13.8. The van der Waals surface area contributed by atoms with Gasteiger partial charge in [-0.1, -0.05) is 11.3 Å². The van der Waals surface area contributed by atoms with Gasteiger partial charge in [0.25, 0.3) is 0 Å². The Morgan fingerprint density at radius 3 is 2.95 bits per heavy atom. The van der Waals surface area contributed by atoms with Crippen LogP contribution in [0.1, 0.15) is 5.69 Å². The van der Waals surface area contributed by atoms with Crippen molar-refractivity contribution in [2.75, 3.05) is 20.2 Å². The minimum Gasteiger partial charge on any atom is -0.395 e. The lowest BCUT2D eigenvalue weighted by molar-refractivity contribution is -0.380. The molecule has 2 aromatic heterocycles. The summed E-state index contributed by atoms with van der Waals surface area (Å²) >= 11 is 2.61. The number of nitro groups is 1. The van der Waals surface area contributed by atoms with Crippen LogP contribution in [0.4, 0.5) is 5.00 Å². The SMILES string of the molecule is CN(CCO)Cc1csc(-c2ccc([N+](=O)[O-])s2)n1. The van der Waals surface area contributed by atoms with Crippen LogP contribution in [0.25, 0.3) is 9.88 Å². The maximum atomic E-state index is 10.6. The molecule has 8 heteroatoms. The summed E-state index contributed by atoms with van der Waals surface area (Å²) in [5, 5.41) is 22.3. The van der Waals surface area contributed by atoms with E-state index in [4.69, 9.17) is 5.11 Å². The zero-order valence-corrected chi connectivity index (χ0v) is 11.9. The number of hydrogen-bond acceptors (Lipinski definition) is 7. The average Bonchev–Trinajstić information content (AvgIpc) is 2.96. The van der Waals surface area contributed by atoms with Crippen molar-refractivity contribution < 1.29 is 10.0 Å². The van der Waals surface area contributed by atoms with Crippen molar-refractivity contribution in [3.8, 4) is 9.88 Å². The number of aliphatic hydroxyl groups excluding tert-OH is 1. The molecule has 0 atom stereocenters. The lowest BCUT2D eigenvalue weighted by Gasteiger charge is -2.12. The number of nitrogens with zero attached hydrogens (tertiary/aromatic N) is 3. The maximum Gasteiger partial charge on any atom is 0.324 e. The van der Waals surface area contributed by atoms with Crippen LogP contribution in [-0.4, -0.2) is 40.1 Å². The van der Waals surface area contributed by atoms with Gasteiger partial charge in [-0.05, 0) is 13.1 Å². The molecule has 2 rings (SSSR count). The minimum absolute atomic E-state index is 0.116. The van der Waals surface area contributed by atoms with E-state index < -0.39 is 4.92 Å². The molecule has 102 valence electrons. The Labute approximate surface area is 118 Å². The molecule has 19 heavy (non-hydrogen) atoms. The van der Waals surface area contributed by atoms with E-state index in [1.165, 1.54) is 17.4 Å². The van der Waals surface area contributed by atoms with E-state index in [1.54, 1.807) is 6.07 Å². The molecule has 0 unspecified atom stereocenters. The smallest absolute Gasteiger partial charge is 0.324 e. The Morgan fingerprint density at radius 2 is 2.32 bits per heavy atom. The molecule has 0 radical (unpaired) electrons. The number of hydrogen-bond donors (Lipinski definition) is 1. The molecule has 0 fully saturated rings. The molecule has 0 saturated carbocycles. The van der Waals surface area contributed by atoms with Crippen molar-refractivity contribution >= 4 is 27.7 Å². The highest BCUT2D eigenvalue weighted by Gasteiger charge is 2.14. The topological polar surface area (TPSA) is 79.5 Å². The van der Waals surface area contributed by atoms with Crippen LogP contribution in [0.2, 0.25) is 0 Å². The Morgan fingerprint density at radius 1 is 1.53 bits per heavy atom. The standard InChI is InChI=1S/C11H13N3O3S2/c1-13(4-5-15)6-8-7-18-11(12-8)9-2-3-10(19-9)14(16)17/h2-3,7,15H,4-6H2,1H3. The lowest BCUT2D eigenvalue weighted by atomic mass is 10.4. The molecular weight excluding hydrogens is 286 g/mol. The summed E-state index contributed by atoms with van der Waals surface area (Å²) in [6.45, 7) is 1.37. The summed E-state index contributed by atoms with van der Waals surface area (Å²) in [5.41, 5.74) is 0.909. The molecule has 0 saturated heterocycles. The van der Waals surface area contributed by atoms with Crippen LogP contribution in [-0.2, 0) is 6.54 Å². The Kier molecular flexibility index (Phi) is 4.59. The predicted octanol–water partition coefficient (Wildman–Crippen LogP) is 2.20. The first kappa shape index (κ1) is 14.1. The van der Waals surface area contributed by atoms with E-state index >= 15 is 0 Å². The highest BCUT2D eigenvalue weighted by molar-refractivity contribution is 7.22. The third kappa shape index (κ3) is 3.57. The van der Waals surface area contributed by atoms with Gasteiger partial charge in [0.2, 0.25) is 0 Å². The number of aromatic nitrogens is 1. The third-order valence-electron chi connectivity index (χ3n) is 2.45. The first-order valence-corrected chi connectivity index (χ1v) is 7.28. The van der Waals surface area contributed by atoms with Crippen LogP contribution in [0.15, 0.2) is 17.5 Å². The molecular formula is C11H13N3O3S2. The van der Waals surface area contributed by atoms with Crippen LogP contribution >= 0.6 is 22.7 Å². The van der Waals surface area contributed by atoms with E-state index in [1.807, 2.05) is 17.3 Å². The molecule has 0 aliphatic carbocycles. The Hall–Kier alpha value is -1.35. The highest BCUT2D eigenvalue weighted by Crippen LogP contribution is 2.34. The van der Waals surface area contributed by atoms with Gasteiger partial charge in [-0.2, -0.15) is 0 Å². The molecule has 2 heterocycles. The van der Waals surface area contributed by atoms with Crippen LogP contribution in [0.5, 0.6) is 0 Å². The molecule has 6 nitrogen and oxygen atoms in total. The summed E-state index contributed by atoms with van der Waals surface area (Å²) in [6.07, 6.45) is 0. The number of thiophene rings is 1. The van der Waals surface area contributed by atoms with Crippen molar-refractivity contribution in [2.24, 2.45) is 0 Å². The normalized spacial score (nSPS) is 11.1. The van der Waals surface area contributed by atoms with Crippen molar-refractivity contribution in [1.82, 2.24) is 9.88 Å². The third-order valence-corrected chi connectivity index (χ3v) is 4.55. The first-order chi connectivity index (χ1) is 9.10. The van der Waals surface area contributed by atoms with Gasteiger partial charge in [0.05, 0.1) is 22.1 Å². The summed E-state index contributed by atoms with van der Waals surface area (Å²) in [7, 11) is 1.91. The van der Waals surface area contributed by atoms with Crippen molar-refractivity contribution in [2.45, 2.75) is 6.54 Å². The number of rotatable bonds is 6. The summed E-state index contributed by atoms with van der Waals surface area (Å²) in [5.74, 6) is 0. The van der Waals surface area contributed by atoms with Gasteiger partial charge < -0.3 is 5.11 Å². The van der Waals surface area contributed by atoms with Crippen molar-refractivity contribution in [3.05, 3.63) is 33.3 Å². The van der Waals surface area contributed by atoms with Gasteiger partial charge >= 0.3 is 5.00 Å². The number of likely N-dealkylation sites (N-methyl/N-ethyl adjacent to an activating group) is 1. The Bertz CT molecular complexity index is 567. The van der Waals surface area contributed by atoms with Crippen molar-refractivity contribution in [3.63, 3.8) is 0 Å². The minimum atomic E-state index is -0.391. The fourth-order valence-electron chi connectivity index (χ4n) is 1.56. The molecule has 0 aliphatic heterocycles. The largest absolute Gasteiger partial charge is 0.395 e. The summed E-state index contributed by atoms with van der Waals surface area (Å²) in [4.78, 5) is 17.5. The zero-order valence-electron chi connectivity index (χ0n) is 10.3.